The molecule has 1 aromatic carbocycles. The molecule has 1 heterocycles. The number of carbonyl (C=O) groups excluding carboxylic acids is 1. The number of amides is 1. The molecule has 1 aliphatic heterocycles. The third-order valence-corrected chi connectivity index (χ3v) is 5.11. The van der Waals surface area contributed by atoms with Crippen LogP contribution in [0.3, 0.4) is 0 Å². The lowest BCUT2D eigenvalue weighted by Gasteiger charge is -2.30. The summed E-state index contributed by atoms with van der Waals surface area (Å²) in [4.78, 5) is 15.2. The molecule has 0 spiro atoms. The first kappa shape index (κ1) is 16.4. The summed E-state index contributed by atoms with van der Waals surface area (Å²) in [7, 11) is 0. The fourth-order valence-corrected chi connectivity index (χ4v) is 3.72. The van der Waals surface area contributed by atoms with E-state index in [2.05, 4.69) is 10.2 Å². The second-order valence-corrected chi connectivity index (χ2v) is 6.51. The van der Waals surface area contributed by atoms with E-state index in [-0.39, 0.29) is 11.7 Å². The smallest absolute Gasteiger partial charge is 0.230 e. The van der Waals surface area contributed by atoms with Crippen LogP contribution in [0.5, 0.6) is 0 Å². The molecule has 1 amide bonds. The first-order chi connectivity index (χ1) is 11.2. The van der Waals surface area contributed by atoms with Gasteiger partial charge in [0, 0.05) is 26.2 Å². The maximum atomic E-state index is 13.2. The van der Waals surface area contributed by atoms with Crippen LogP contribution in [-0.2, 0) is 14.9 Å². The lowest BCUT2D eigenvalue weighted by molar-refractivity contribution is -0.126. The molecule has 5 heteroatoms. The summed E-state index contributed by atoms with van der Waals surface area (Å²) in [6.07, 6.45) is 3.80. The lowest BCUT2D eigenvalue weighted by Crippen LogP contribution is -2.46. The topological polar surface area (TPSA) is 41.6 Å². The Bertz CT molecular complexity index is 520. The van der Waals surface area contributed by atoms with Gasteiger partial charge in [0.1, 0.15) is 5.82 Å². The average Bonchev–Trinajstić information content (AvgIpc) is 3.07. The monoisotopic (exact) mass is 320 g/mol. The highest BCUT2D eigenvalue weighted by Crippen LogP contribution is 2.41. The molecule has 0 unspecified atom stereocenters. The number of nitrogens with zero attached hydrogens (tertiary/aromatic N) is 1. The van der Waals surface area contributed by atoms with Crippen molar-refractivity contribution in [2.75, 3.05) is 39.4 Å². The zero-order chi connectivity index (χ0) is 16.1. The van der Waals surface area contributed by atoms with Crippen LogP contribution < -0.4 is 5.32 Å². The van der Waals surface area contributed by atoms with Crippen molar-refractivity contribution in [3.05, 3.63) is 35.6 Å². The number of morpholine rings is 1. The molecular formula is C18H25FN2O2. The number of hydrogen-bond donors (Lipinski definition) is 1. The second-order valence-electron chi connectivity index (χ2n) is 6.51. The van der Waals surface area contributed by atoms with Gasteiger partial charge in [0.25, 0.3) is 0 Å². The van der Waals surface area contributed by atoms with Gasteiger partial charge in [-0.05, 0) is 30.5 Å². The van der Waals surface area contributed by atoms with Gasteiger partial charge < -0.3 is 10.1 Å². The van der Waals surface area contributed by atoms with Crippen molar-refractivity contribution in [1.29, 1.82) is 0 Å². The molecule has 1 saturated heterocycles. The average molecular weight is 320 g/mol. The molecule has 1 saturated carbocycles. The third kappa shape index (κ3) is 3.72. The van der Waals surface area contributed by atoms with E-state index in [9.17, 15) is 9.18 Å². The normalized spacial score (nSPS) is 21.3. The fraction of sp³-hybridized carbons (Fsp3) is 0.611. The second kappa shape index (κ2) is 7.41. The molecular weight excluding hydrogens is 295 g/mol. The molecule has 3 rings (SSSR count). The van der Waals surface area contributed by atoms with Crippen LogP contribution in [0.4, 0.5) is 4.39 Å². The number of ether oxygens (including phenoxy) is 1. The van der Waals surface area contributed by atoms with Gasteiger partial charge in [0.2, 0.25) is 5.91 Å². The largest absolute Gasteiger partial charge is 0.379 e. The van der Waals surface area contributed by atoms with Crippen LogP contribution in [-0.4, -0.2) is 50.2 Å². The Morgan fingerprint density at radius 1 is 1.17 bits per heavy atom. The van der Waals surface area contributed by atoms with E-state index in [1.165, 1.54) is 12.1 Å². The van der Waals surface area contributed by atoms with Gasteiger partial charge in [-0.3, -0.25) is 9.69 Å². The summed E-state index contributed by atoms with van der Waals surface area (Å²) in [6.45, 7) is 4.91. The minimum absolute atomic E-state index is 0.0925. The maximum Gasteiger partial charge on any atom is 0.230 e. The van der Waals surface area contributed by atoms with Crippen molar-refractivity contribution in [2.45, 2.75) is 31.1 Å². The van der Waals surface area contributed by atoms with Crippen LogP contribution >= 0.6 is 0 Å². The summed E-state index contributed by atoms with van der Waals surface area (Å²) >= 11 is 0. The van der Waals surface area contributed by atoms with E-state index in [1.54, 1.807) is 12.1 Å². The van der Waals surface area contributed by atoms with E-state index in [0.717, 1.165) is 64.1 Å². The van der Waals surface area contributed by atoms with Crippen molar-refractivity contribution in [2.24, 2.45) is 0 Å². The Labute approximate surface area is 137 Å². The van der Waals surface area contributed by atoms with E-state index in [4.69, 9.17) is 4.74 Å². The lowest BCUT2D eigenvalue weighted by atomic mass is 9.78. The Hall–Kier alpha value is -1.46. The quantitative estimate of drug-likeness (QED) is 0.903. The minimum atomic E-state index is -0.474. The van der Waals surface area contributed by atoms with Crippen LogP contribution in [0.2, 0.25) is 0 Å². The summed E-state index contributed by atoms with van der Waals surface area (Å²) in [5.41, 5.74) is 0.471. The summed E-state index contributed by atoms with van der Waals surface area (Å²) in [6, 6.07) is 6.44. The van der Waals surface area contributed by atoms with E-state index >= 15 is 0 Å². The number of nitrogens with one attached hydrogen (secondary N) is 1. The highest BCUT2D eigenvalue weighted by molar-refractivity contribution is 5.88. The molecule has 2 fully saturated rings. The van der Waals surface area contributed by atoms with Crippen LogP contribution in [0, 0.1) is 5.82 Å². The number of rotatable bonds is 5. The Morgan fingerprint density at radius 3 is 2.48 bits per heavy atom. The molecule has 23 heavy (non-hydrogen) atoms. The Morgan fingerprint density at radius 2 is 1.83 bits per heavy atom. The molecule has 1 N–H and O–H groups in total. The molecule has 0 bridgehead atoms. The van der Waals surface area contributed by atoms with Crippen molar-refractivity contribution in [3.8, 4) is 0 Å². The molecule has 126 valence electrons. The zero-order valence-electron chi connectivity index (χ0n) is 13.5. The SMILES string of the molecule is O=C(NCCN1CCOCC1)C1(c2ccc(F)cc2)CCCC1. The van der Waals surface area contributed by atoms with Crippen LogP contribution in [0.1, 0.15) is 31.2 Å². The predicted molar refractivity (Wildman–Crippen MR) is 86.8 cm³/mol. The van der Waals surface area contributed by atoms with Crippen LogP contribution in [0.15, 0.2) is 24.3 Å². The van der Waals surface area contributed by atoms with Crippen molar-refractivity contribution in [1.82, 2.24) is 10.2 Å². The summed E-state index contributed by atoms with van der Waals surface area (Å²) in [5.74, 6) is -0.163. The van der Waals surface area contributed by atoms with Gasteiger partial charge in [-0.1, -0.05) is 25.0 Å². The standard InChI is InChI=1S/C18H25FN2O2/c19-16-5-3-15(4-6-16)18(7-1-2-8-18)17(22)20-9-10-21-11-13-23-14-12-21/h3-6H,1-2,7-14H2,(H,20,22). The zero-order valence-corrected chi connectivity index (χ0v) is 13.5. The fourth-order valence-electron chi connectivity index (χ4n) is 3.72. The first-order valence-electron chi connectivity index (χ1n) is 8.55. The predicted octanol–water partition coefficient (Wildman–Crippen LogP) is 2.09. The molecule has 1 aromatic rings. The van der Waals surface area contributed by atoms with E-state index in [0.29, 0.717) is 6.54 Å². The van der Waals surface area contributed by atoms with Gasteiger partial charge in [-0.25, -0.2) is 4.39 Å². The van der Waals surface area contributed by atoms with Crippen molar-refractivity contribution >= 4 is 5.91 Å². The molecule has 4 nitrogen and oxygen atoms in total. The number of hydrogen-bond acceptors (Lipinski definition) is 3. The summed E-state index contributed by atoms with van der Waals surface area (Å²) < 4.78 is 18.5. The van der Waals surface area contributed by atoms with E-state index < -0.39 is 5.41 Å². The Balaban J connectivity index is 1.61. The molecule has 1 aliphatic carbocycles. The maximum absolute atomic E-state index is 13.2. The molecule has 0 atom stereocenters. The third-order valence-electron chi connectivity index (χ3n) is 5.11. The number of carbonyl (C=O) groups is 1. The van der Waals surface area contributed by atoms with Crippen molar-refractivity contribution in [3.63, 3.8) is 0 Å². The van der Waals surface area contributed by atoms with Crippen molar-refractivity contribution < 1.29 is 13.9 Å². The van der Waals surface area contributed by atoms with Crippen LogP contribution in [0.25, 0.3) is 0 Å². The highest BCUT2D eigenvalue weighted by Gasteiger charge is 2.42. The molecule has 2 aliphatic rings. The Kier molecular flexibility index (Phi) is 5.28. The van der Waals surface area contributed by atoms with Gasteiger partial charge in [0.05, 0.1) is 18.6 Å². The first-order valence-corrected chi connectivity index (χ1v) is 8.55. The molecule has 0 radical (unpaired) electrons. The number of benzene rings is 1. The van der Waals surface area contributed by atoms with Gasteiger partial charge in [-0.2, -0.15) is 0 Å². The highest BCUT2D eigenvalue weighted by atomic mass is 19.1. The van der Waals surface area contributed by atoms with E-state index in [1.807, 2.05) is 0 Å². The molecule has 0 aromatic heterocycles. The number of halogens is 1. The van der Waals surface area contributed by atoms with Gasteiger partial charge >= 0.3 is 0 Å². The minimum Gasteiger partial charge on any atom is -0.379 e. The van der Waals surface area contributed by atoms with Gasteiger partial charge in [0.15, 0.2) is 0 Å². The summed E-state index contributed by atoms with van der Waals surface area (Å²) in [5, 5.41) is 3.11. The van der Waals surface area contributed by atoms with Gasteiger partial charge in [-0.15, -0.1) is 0 Å².